The number of hydrogen-bond acceptors (Lipinski definition) is 3. The van der Waals surface area contributed by atoms with Gasteiger partial charge in [-0.25, -0.2) is 4.79 Å². The first-order valence-electron chi connectivity index (χ1n) is 5.66. The van der Waals surface area contributed by atoms with Gasteiger partial charge >= 0.3 is 5.97 Å². The van der Waals surface area contributed by atoms with E-state index in [1.165, 1.54) is 6.07 Å². The molecule has 5 nitrogen and oxygen atoms in total. The van der Waals surface area contributed by atoms with Crippen molar-refractivity contribution in [2.24, 2.45) is 0 Å². The summed E-state index contributed by atoms with van der Waals surface area (Å²) in [5, 5.41) is 19.2. The highest BCUT2D eigenvalue weighted by atomic mass is 16.4. The van der Waals surface area contributed by atoms with E-state index in [-0.39, 0.29) is 5.56 Å². The number of carboxylic acids is 1. The van der Waals surface area contributed by atoms with Crippen LogP contribution < -0.4 is 5.56 Å². The van der Waals surface area contributed by atoms with Crippen LogP contribution in [0.25, 0.3) is 10.9 Å². The third kappa shape index (κ3) is 1.37. The summed E-state index contributed by atoms with van der Waals surface area (Å²) in [6, 6.07) is 7.12. The zero-order valence-electron chi connectivity index (χ0n) is 9.46. The van der Waals surface area contributed by atoms with Gasteiger partial charge in [-0.3, -0.25) is 4.79 Å². The number of para-hydroxylation sites is 1. The van der Waals surface area contributed by atoms with Gasteiger partial charge in [0.05, 0.1) is 11.1 Å². The summed E-state index contributed by atoms with van der Waals surface area (Å²) in [6.45, 7) is 0.537. The lowest BCUT2D eigenvalue weighted by molar-refractivity contribution is -0.147. The third-order valence-corrected chi connectivity index (χ3v) is 3.36. The second-order valence-corrected chi connectivity index (χ2v) is 4.40. The number of pyridine rings is 1. The lowest BCUT2D eigenvalue weighted by atomic mass is 10.1. The fraction of sp³-hybridized carbons (Fsp3) is 0.231. The van der Waals surface area contributed by atoms with Crippen LogP contribution in [-0.2, 0) is 17.8 Å². The van der Waals surface area contributed by atoms with Gasteiger partial charge in [-0.15, -0.1) is 0 Å². The van der Waals surface area contributed by atoms with E-state index in [1.807, 2.05) is 18.2 Å². The van der Waals surface area contributed by atoms with E-state index in [0.717, 1.165) is 22.9 Å². The van der Waals surface area contributed by atoms with Gasteiger partial charge in [0.25, 0.3) is 5.56 Å². The predicted molar refractivity (Wildman–Crippen MR) is 64.5 cm³/mol. The molecule has 0 unspecified atom stereocenters. The van der Waals surface area contributed by atoms with Crippen LogP contribution in [0.4, 0.5) is 0 Å². The summed E-state index contributed by atoms with van der Waals surface area (Å²) >= 11 is 0. The fourth-order valence-electron chi connectivity index (χ4n) is 2.52. The van der Waals surface area contributed by atoms with Gasteiger partial charge in [-0.05, 0) is 23.4 Å². The molecule has 0 saturated carbocycles. The molecule has 0 fully saturated rings. The molecule has 2 heterocycles. The van der Waals surface area contributed by atoms with Crippen LogP contribution in [0.5, 0.6) is 0 Å². The molecule has 2 N–H and O–H groups in total. The third-order valence-electron chi connectivity index (χ3n) is 3.36. The summed E-state index contributed by atoms with van der Waals surface area (Å²) in [7, 11) is 0. The molecule has 92 valence electrons. The smallest absolute Gasteiger partial charge is 0.337 e. The first-order chi connectivity index (χ1) is 8.59. The minimum Gasteiger partial charge on any atom is -0.479 e. The Balaban J connectivity index is 2.36. The van der Waals surface area contributed by atoms with E-state index in [1.54, 1.807) is 4.57 Å². The minimum absolute atomic E-state index is 0.0750. The highest BCUT2D eigenvalue weighted by Crippen LogP contribution is 2.25. The number of rotatable bonds is 2. The van der Waals surface area contributed by atoms with Crippen LogP contribution in [0.2, 0.25) is 0 Å². The van der Waals surface area contributed by atoms with E-state index >= 15 is 0 Å². The number of aromatic nitrogens is 1. The topological polar surface area (TPSA) is 79.5 Å². The van der Waals surface area contributed by atoms with Gasteiger partial charge in [-0.2, -0.15) is 0 Å². The summed E-state index contributed by atoms with van der Waals surface area (Å²) in [4.78, 5) is 22.9. The van der Waals surface area contributed by atoms with Gasteiger partial charge in [0.15, 0.2) is 6.10 Å². The Kier molecular flexibility index (Phi) is 2.24. The quantitative estimate of drug-likeness (QED) is 0.815. The number of carbonyl (C=O) groups is 1. The van der Waals surface area contributed by atoms with Crippen molar-refractivity contribution in [2.75, 3.05) is 0 Å². The molecule has 0 spiro atoms. The Hall–Kier alpha value is -2.14. The van der Waals surface area contributed by atoms with E-state index in [0.29, 0.717) is 6.54 Å². The SMILES string of the molecule is O=C(O)[C@@H](O)c1cc2cccc3c2n(c1=O)CC3. The molecule has 5 heteroatoms. The number of aliphatic carboxylic acids is 1. The van der Waals surface area contributed by atoms with Crippen molar-refractivity contribution in [1.29, 1.82) is 0 Å². The Bertz CT molecular complexity index is 717. The maximum absolute atomic E-state index is 12.1. The number of aliphatic hydroxyl groups excluding tert-OH is 1. The molecule has 0 saturated heterocycles. The van der Waals surface area contributed by atoms with E-state index in [2.05, 4.69) is 0 Å². The Morgan fingerprint density at radius 1 is 1.39 bits per heavy atom. The molecule has 1 atom stereocenters. The highest BCUT2D eigenvalue weighted by Gasteiger charge is 2.24. The summed E-state index contributed by atoms with van der Waals surface area (Å²) in [5.74, 6) is -1.41. The summed E-state index contributed by atoms with van der Waals surface area (Å²) in [5.41, 5.74) is 1.45. The molecule has 2 aromatic rings. The average molecular weight is 245 g/mol. The molecule has 1 aliphatic rings. The van der Waals surface area contributed by atoms with Gasteiger partial charge in [-0.1, -0.05) is 18.2 Å². The molecular weight excluding hydrogens is 234 g/mol. The molecular formula is C13H11NO4. The molecule has 3 rings (SSSR count). The molecule has 0 aliphatic carbocycles. The normalized spacial score (nSPS) is 14.9. The lowest BCUT2D eigenvalue weighted by Gasteiger charge is -2.10. The number of hydrogen-bond donors (Lipinski definition) is 2. The summed E-state index contributed by atoms with van der Waals surface area (Å²) in [6.07, 6.45) is -1.01. The van der Waals surface area contributed by atoms with Gasteiger partial charge in [0.2, 0.25) is 0 Å². The van der Waals surface area contributed by atoms with E-state index in [4.69, 9.17) is 5.11 Å². The first kappa shape index (κ1) is 11.0. The Morgan fingerprint density at radius 2 is 2.17 bits per heavy atom. The second-order valence-electron chi connectivity index (χ2n) is 4.40. The zero-order chi connectivity index (χ0) is 12.9. The molecule has 18 heavy (non-hydrogen) atoms. The Morgan fingerprint density at radius 3 is 2.89 bits per heavy atom. The largest absolute Gasteiger partial charge is 0.479 e. The first-order valence-corrected chi connectivity index (χ1v) is 5.66. The number of aliphatic hydroxyl groups is 1. The van der Waals surface area contributed by atoms with Gasteiger partial charge in [0, 0.05) is 6.54 Å². The maximum Gasteiger partial charge on any atom is 0.337 e. The molecule has 0 radical (unpaired) electrons. The maximum atomic E-state index is 12.1. The summed E-state index contributed by atoms with van der Waals surface area (Å²) < 4.78 is 1.55. The molecule has 1 aromatic heterocycles. The van der Waals surface area contributed by atoms with Crippen molar-refractivity contribution < 1.29 is 15.0 Å². The number of benzene rings is 1. The van der Waals surface area contributed by atoms with Crippen molar-refractivity contribution in [3.05, 3.63) is 45.7 Å². The van der Waals surface area contributed by atoms with E-state index in [9.17, 15) is 14.7 Å². The monoisotopic (exact) mass is 245 g/mol. The van der Waals surface area contributed by atoms with Crippen LogP contribution in [0, 0.1) is 0 Å². The van der Waals surface area contributed by atoms with Gasteiger partial charge in [0.1, 0.15) is 0 Å². The molecule has 0 bridgehead atoms. The van der Waals surface area contributed by atoms with Crippen LogP contribution in [-0.4, -0.2) is 20.7 Å². The lowest BCUT2D eigenvalue weighted by Crippen LogP contribution is -2.27. The predicted octanol–water partition coefficient (Wildman–Crippen LogP) is 0.676. The fourth-order valence-corrected chi connectivity index (χ4v) is 2.52. The second kappa shape index (κ2) is 3.68. The van der Waals surface area contributed by atoms with Crippen molar-refractivity contribution in [2.45, 2.75) is 19.1 Å². The minimum atomic E-state index is -1.77. The zero-order valence-corrected chi connectivity index (χ0v) is 9.46. The van der Waals surface area contributed by atoms with Crippen LogP contribution >= 0.6 is 0 Å². The van der Waals surface area contributed by atoms with Crippen LogP contribution in [0.3, 0.4) is 0 Å². The van der Waals surface area contributed by atoms with Crippen molar-refractivity contribution in [1.82, 2.24) is 4.57 Å². The molecule has 0 amide bonds. The van der Waals surface area contributed by atoms with Crippen molar-refractivity contribution >= 4 is 16.9 Å². The molecule has 1 aromatic carbocycles. The Labute approximate surface area is 102 Å². The van der Waals surface area contributed by atoms with E-state index < -0.39 is 17.6 Å². The number of nitrogens with zero attached hydrogens (tertiary/aromatic N) is 1. The van der Waals surface area contributed by atoms with Crippen LogP contribution in [0.1, 0.15) is 17.2 Å². The number of carboxylic acid groups (broad SMARTS) is 1. The average Bonchev–Trinajstić information content (AvgIpc) is 2.78. The van der Waals surface area contributed by atoms with Crippen molar-refractivity contribution in [3.63, 3.8) is 0 Å². The standard InChI is InChI=1S/C13H11NO4/c15-11(13(17)18)9-6-8-3-1-2-7-4-5-14(10(7)8)12(9)16/h1-3,6,11,15H,4-5H2,(H,17,18)/t11-/m0/s1. The molecule has 1 aliphatic heterocycles. The van der Waals surface area contributed by atoms with Gasteiger partial charge < -0.3 is 14.8 Å². The number of aryl methyl sites for hydroxylation is 2. The van der Waals surface area contributed by atoms with Crippen LogP contribution in [0.15, 0.2) is 29.1 Å². The van der Waals surface area contributed by atoms with Crippen molar-refractivity contribution in [3.8, 4) is 0 Å². The highest BCUT2D eigenvalue weighted by molar-refractivity contribution is 5.85.